The average Bonchev–Trinajstić information content (AvgIpc) is 3.00. The van der Waals surface area contributed by atoms with E-state index in [1.54, 1.807) is 0 Å². The molecule has 136 valence electrons. The number of thiophene rings is 1. The van der Waals surface area contributed by atoms with Gasteiger partial charge in [-0.05, 0) is 49.5 Å². The van der Waals surface area contributed by atoms with E-state index in [0.29, 0.717) is 10.6 Å². The lowest BCUT2D eigenvalue weighted by Gasteiger charge is -2.09. The van der Waals surface area contributed by atoms with Gasteiger partial charge in [-0.15, -0.1) is 11.3 Å². The van der Waals surface area contributed by atoms with Crippen LogP contribution in [0.5, 0.6) is 5.75 Å². The molecule has 3 rings (SSSR count). The highest BCUT2D eigenvalue weighted by molar-refractivity contribution is 7.16. The number of amides is 1. The van der Waals surface area contributed by atoms with E-state index in [-0.39, 0.29) is 26.9 Å². The van der Waals surface area contributed by atoms with Gasteiger partial charge in [0.2, 0.25) is 0 Å². The van der Waals surface area contributed by atoms with Crippen molar-refractivity contribution >= 4 is 51.5 Å². The number of carbonyl (C=O) groups excluding carboxylic acids is 1. The van der Waals surface area contributed by atoms with Gasteiger partial charge in [-0.2, -0.15) is 10.5 Å². The van der Waals surface area contributed by atoms with Crippen LogP contribution in [0.2, 0.25) is 10.0 Å². The minimum atomic E-state index is -0.664. The average molecular weight is 418 g/mol. The molecule has 0 bridgehead atoms. The van der Waals surface area contributed by atoms with E-state index >= 15 is 0 Å². The van der Waals surface area contributed by atoms with E-state index in [0.717, 1.165) is 36.1 Å². The molecule has 0 atom stereocenters. The third-order valence-corrected chi connectivity index (χ3v) is 5.95. The first-order valence-electron chi connectivity index (χ1n) is 8.10. The van der Waals surface area contributed by atoms with Gasteiger partial charge in [0, 0.05) is 15.5 Å². The maximum Gasteiger partial charge on any atom is 0.266 e. The van der Waals surface area contributed by atoms with Gasteiger partial charge in [0.15, 0.2) is 0 Å². The molecule has 0 aliphatic heterocycles. The van der Waals surface area contributed by atoms with Crippen molar-refractivity contribution in [2.24, 2.45) is 0 Å². The first-order chi connectivity index (χ1) is 12.9. The number of anilines is 1. The minimum Gasteiger partial charge on any atom is -0.506 e. The second-order valence-corrected chi connectivity index (χ2v) is 7.93. The molecular formula is C19H13Cl2N3O2S. The second-order valence-electron chi connectivity index (χ2n) is 5.98. The summed E-state index contributed by atoms with van der Waals surface area (Å²) in [5.74, 6) is -0.936. The highest BCUT2D eigenvalue weighted by atomic mass is 35.5. The molecule has 2 N–H and O–H groups in total. The van der Waals surface area contributed by atoms with Gasteiger partial charge in [-0.25, -0.2) is 0 Å². The first kappa shape index (κ1) is 19.3. The number of fused-ring (bicyclic) bond motifs is 1. The zero-order valence-electron chi connectivity index (χ0n) is 14.0. The summed E-state index contributed by atoms with van der Waals surface area (Å²) in [6.45, 7) is 0. The number of nitriles is 2. The number of hydrogen-bond acceptors (Lipinski definition) is 5. The van der Waals surface area contributed by atoms with Gasteiger partial charge < -0.3 is 10.4 Å². The summed E-state index contributed by atoms with van der Waals surface area (Å²) in [4.78, 5) is 13.7. The number of benzene rings is 1. The number of nitrogens with zero attached hydrogens (tertiary/aromatic N) is 2. The Morgan fingerprint density at radius 2 is 2.00 bits per heavy atom. The molecule has 0 fully saturated rings. The number of carbonyl (C=O) groups is 1. The van der Waals surface area contributed by atoms with Crippen LogP contribution in [-0.2, 0) is 17.6 Å². The Bertz CT molecular complexity index is 1040. The Hall–Kier alpha value is -2.51. The van der Waals surface area contributed by atoms with Crippen LogP contribution < -0.4 is 5.32 Å². The highest BCUT2D eigenvalue weighted by Gasteiger charge is 2.23. The summed E-state index contributed by atoms with van der Waals surface area (Å²) in [7, 11) is 0. The van der Waals surface area contributed by atoms with Crippen LogP contribution in [0.3, 0.4) is 0 Å². The fraction of sp³-hybridized carbons (Fsp3) is 0.211. The van der Waals surface area contributed by atoms with Gasteiger partial charge in [0.1, 0.15) is 28.5 Å². The number of nitrogens with one attached hydrogen (secondary N) is 1. The van der Waals surface area contributed by atoms with E-state index in [4.69, 9.17) is 23.2 Å². The summed E-state index contributed by atoms with van der Waals surface area (Å²) in [5.41, 5.74) is 1.38. The van der Waals surface area contributed by atoms with Gasteiger partial charge in [-0.1, -0.05) is 23.2 Å². The number of phenols is 1. The molecular weight excluding hydrogens is 405 g/mol. The van der Waals surface area contributed by atoms with Crippen molar-refractivity contribution in [2.45, 2.75) is 25.7 Å². The smallest absolute Gasteiger partial charge is 0.266 e. The Morgan fingerprint density at radius 3 is 2.70 bits per heavy atom. The SMILES string of the molecule is N#C/C(=C\c1cc(Cl)cc(Cl)c1O)C(=O)Nc1sc2c(c1C#N)CCCC2. The maximum absolute atomic E-state index is 12.6. The van der Waals surface area contributed by atoms with E-state index in [1.165, 1.54) is 29.5 Å². The number of aromatic hydroxyl groups is 1. The van der Waals surface area contributed by atoms with Crippen LogP contribution in [0.4, 0.5) is 5.00 Å². The van der Waals surface area contributed by atoms with Crippen LogP contribution >= 0.6 is 34.5 Å². The normalized spacial score (nSPS) is 13.4. The number of halogens is 2. The van der Waals surface area contributed by atoms with Crippen molar-refractivity contribution < 1.29 is 9.90 Å². The maximum atomic E-state index is 12.6. The predicted molar refractivity (Wildman–Crippen MR) is 106 cm³/mol. The molecule has 0 unspecified atom stereocenters. The van der Waals surface area contributed by atoms with Crippen LogP contribution in [0.15, 0.2) is 17.7 Å². The van der Waals surface area contributed by atoms with E-state index in [1.807, 2.05) is 6.07 Å². The number of rotatable bonds is 3. The monoisotopic (exact) mass is 417 g/mol. The summed E-state index contributed by atoms with van der Waals surface area (Å²) >= 11 is 13.2. The Balaban J connectivity index is 1.93. The van der Waals surface area contributed by atoms with Crippen molar-refractivity contribution in [2.75, 3.05) is 5.32 Å². The topological polar surface area (TPSA) is 96.9 Å². The molecule has 1 heterocycles. The molecule has 0 radical (unpaired) electrons. The number of aryl methyl sites for hydroxylation is 1. The van der Waals surface area contributed by atoms with Gasteiger partial charge in [-0.3, -0.25) is 4.79 Å². The lowest BCUT2D eigenvalue weighted by molar-refractivity contribution is -0.112. The van der Waals surface area contributed by atoms with Crippen molar-refractivity contribution in [3.63, 3.8) is 0 Å². The zero-order valence-corrected chi connectivity index (χ0v) is 16.3. The lowest BCUT2D eigenvalue weighted by atomic mass is 9.96. The van der Waals surface area contributed by atoms with Crippen molar-refractivity contribution in [1.82, 2.24) is 0 Å². The first-order valence-corrected chi connectivity index (χ1v) is 9.67. The van der Waals surface area contributed by atoms with Gasteiger partial charge in [0.25, 0.3) is 5.91 Å². The molecule has 0 spiro atoms. The highest BCUT2D eigenvalue weighted by Crippen LogP contribution is 2.38. The number of hydrogen-bond donors (Lipinski definition) is 2. The summed E-state index contributed by atoms with van der Waals surface area (Å²) in [5, 5.41) is 32.2. The quantitative estimate of drug-likeness (QED) is 0.538. The summed E-state index contributed by atoms with van der Waals surface area (Å²) in [6.07, 6.45) is 5.00. The third-order valence-electron chi connectivity index (χ3n) is 4.23. The zero-order chi connectivity index (χ0) is 19.6. The molecule has 27 heavy (non-hydrogen) atoms. The van der Waals surface area contributed by atoms with E-state index in [9.17, 15) is 20.4 Å². The second kappa shape index (κ2) is 8.02. The molecule has 0 saturated heterocycles. The van der Waals surface area contributed by atoms with Crippen LogP contribution in [0, 0.1) is 22.7 Å². The van der Waals surface area contributed by atoms with Crippen molar-refractivity contribution in [3.05, 3.63) is 49.3 Å². The van der Waals surface area contributed by atoms with E-state index in [2.05, 4.69) is 11.4 Å². The molecule has 5 nitrogen and oxygen atoms in total. The fourth-order valence-corrected chi connectivity index (χ4v) is 4.69. The summed E-state index contributed by atoms with van der Waals surface area (Å²) < 4.78 is 0. The Kier molecular flexibility index (Phi) is 5.72. The van der Waals surface area contributed by atoms with Crippen LogP contribution in [-0.4, -0.2) is 11.0 Å². The molecule has 8 heteroatoms. The minimum absolute atomic E-state index is 0.0177. The van der Waals surface area contributed by atoms with Crippen molar-refractivity contribution in [1.29, 1.82) is 10.5 Å². The number of phenolic OH excluding ortho intramolecular Hbond substituents is 1. The largest absolute Gasteiger partial charge is 0.506 e. The molecule has 1 aromatic heterocycles. The Morgan fingerprint density at radius 1 is 1.26 bits per heavy atom. The molecule has 1 aromatic carbocycles. The molecule has 0 saturated carbocycles. The van der Waals surface area contributed by atoms with Crippen LogP contribution in [0.1, 0.15) is 34.4 Å². The Labute approximate surface area is 170 Å². The summed E-state index contributed by atoms with van der Waals surface area (Å²) in [6, 6.07) is 6.73. The van der Waals surface area contributed by atoms with E-state index < -0.39 is 5.91 Å². The van der Waals surface area contributed by atoms with Crippen molar-refractivity contribution in [3.8, 4) is 17.9 Å². The molecule has 1 amide bonds. The molecule has 2 aromatic rings. The fourth-order valence-electron chi connectivity index (χ4n) is 2.94. The predicted octanol–water partition coefficient (Wildman–Crippen LogP) is 5.06. The third kappa shape index (κ3) is 3.94. The standard InChI is InChI=1S/C19H13Cl2N3O2S/c20-12-6-10(17(25)15(21)7-12)5-11(8-22)18(26)24-19-14(9-23)13-3-1-2-4-16(13)27-19/h5-7,25H,1-4H2,(H,24,26)/b11-5+. The van der Waals surface area contributed by atoms with Gasteiger partial charge in [0.05, 0.1) is 10.6 Å². The molecule has 1 aliphatic carbocycles. The molecule has 1 aliphatic rings. The van der Waals surface area contributed by atoms with Gasteiger partial charge >= 0.3 is 0 Å². The lowest BCUT2D eigenvalue weighted by Crippen LogP contribution is -2.13. The van der Waals surface area contributed by atoms with Crippen LogP contribution in [0.25, 0.3) is 6.08 Å².